The molecule has 2 rings (SSSR count). The monoisotopic (exact) mass is 236 g/mol. The first-order chi connectivity index (χ1) is 7.70. The van der Waals surface area contributed by atoms with E-state index < -0.39 is 5.69 Å². The Morgan fingerprint density at radius 3 is 2.88 bits per heavy atom. The molecule has 1 N–H and O–H groups in total. The molecule has 82 valence electrons. The molecule has 16 heavy (non-hydrogen) atoms. The Morgan fingerprint density at radius 2 is 2.19 bits per heavy atom. The zero-order valence-electron chi connectivity index (χ0n) is 8.53. The van der Waals surface area contributed by atoms with Gasteiger partial charge in [0, 0.05) is 16.8 Å². The summed E-state index contributed by atoms with van der Waals surface area (Å²) < 4.78 is 5.19. The predicted octanol–water partition coefficient (Wildman–Crippen LogP) is 2.10. The van der Waals surface area contributed by atoms with Gasteiger partial charge in [0.25, 0.3) is 0 Å². The third-order valence-corrected chi connectivity index (χ3v) is 2.36. The van der Waals surface area contributed by atoms with E-state index in [1.165, 1.54) is 6.20 Å². The smallest absolute Gasteiger partial charge is 0.345 e. The molecule has 0 aliphatic carbocycles. The normalized spacial score (nSPS) is 10.1. The van der Waals surface area contributed by atoms with Gasteiger partial charge in [-0.25, -0.2) is 9.78 Å². The van der Waals surface area contributed by atoms with E-state index >= 15 is 0 Å². The van der Waals surface area contributed by atoms with Crippen LogP contribution in [0.25, 0.3) is 11.3 Å². The fourth-order valence-electron chi connectivity index (χ4n) is 1.42. The number of hydrogen-bond acceptors (Lipinski definition) is 3. The summed E-state index contributed by atoms with van der Waals surface area (Å²) in [5.41, 5.74) is 0.952. The first-order valence-electron chi connectivity index (χ1n) is 4.60. The highest BCUT2D eigenvalue weighted by Gasteiger charge is 2.07. The number of nitrogens with zero attached hydrogens (tertiary/aromatic N) is 1. The SMILES string of the molecule is COc1ccc(Cl)cc1-c1ccnc(=O)[nH]1. The van der Waals surface area contributed by atoms with Gasteiger partial charge in [-0.2, -0.15) is 0 Å². The molecule has 0 saturated carbocycles. The van der Waals surface area contributed by atoms with Gasteiger partial charge in [0.15, 0.2) is 0 Å². The van der Waals surface area contributed by atoms with Gasteiger partial charge in [0.1, 0.15) is 5.75 Å². The molecule has 0 amide bonds. The molecule has 1 aromatic heterocycles. The van der Waals surface area contributed by atoms with Crippen LogP contribution in [0.5, 0.6) is 5.75 Å². The molecule has 0 aliphatic heterocycles. The summed E-state index contributed by atoms with van der Waals surface area (Å²) in [7, 11) is 1.56. The highest BCUT2D eigenvalue weighted by atomic mass is 35.5. The van der Waals surface area contributed by atoms with Crippen molar-refractivity contribution in [1.82, 2.24) is 9.97 Å². The largest absolute Gasteiger partial charge is 0.496 e. The van der Waals surface area contributed by atoms with Crippen molar-refractivity contribution in [2.24, 2.45) is 0 Å². The highest BCUT2D eigenvalue weighted by Crippen LogP contribution is 2.30. The first-order valence-corrected chi connectivity index (χ1v) is 4.98. The number of benzene rings is 1. The van der Waals surface area contributed by atoms with E-state index in [2.05, 4.69) is 9.97 Å². The van der Waals surface area contributed by atoms with Crippen molar-refractivity contribution in [3.05, 3.63) is 46.0 Å². The first kappa shape index (κ1) is 10.7. The van der Waals surface area contributed by atoms with Gasteiger partial charge in [0.05, 0.1) is 12.8 Å². The van der Waals surface area contributed by atoms with Gasteiger partial charge in [-0.3, -0.25) is 0 Å². The van der Waals surface area contributed by atoms with Crippen molar-refractivity contribution < 1.29 is 4.74 Å². The van der Waals surface area contributed by atoms with Crippen molar-refractivity contribution in [2.45, 2.75) is 0 Å². The minimum Gasteiger partial charge on any atom is -0.496 e. The fourth-order valence-corrected chi connectivity index (χ4v) is 1.59. The number of rotatable bonds is 2. The van der Waals surface area contributed by atoms with Gasteiger partial charge < -0.3 is 9.72 Å². The molecule has 0 spiro atoms. The minimum atomic E-state index is -0.403. The summed E-state index contributed by atoms with van der Waals surface area (Å²) >= 11 is 5.90. The molecule has 1 heterocycles. The molecule has 0 bridgehead atoms. The molecule has 0 aliphatic rings. The molecular formula is C11H9ClN2O2. The maximum Gasteiger partial charge on any atom is 0.345 e. The topological polar surface area (TPSA) is 55.0 Å². The zero-order valence-corrected chi connectivity index (χ0v) is 9.28. The van der Waals surface area contributed by atoms with E-state index in [4.69, 9.17) is 16.3 Å². The number of H-pyrrole nitrogens is 1. The van der Waals surface area contributed by atoms with Crippen molar-refractivity contribution in [3.63, 3.8) is 0 Å². The third-order valence-electron chi connectivity index (χ3n) is 2.13. The second-order valence-electron chi connectivity index (χ2n) is 3.13. The second kappa shape index (κ2) is 4.37. The summed E-state index contributed by atoms with van der Waals surface area (Å²) in [4.78, 5) is 17.3. The maximum absolute atomic E-state index is 11.1. The van der Waals surface area contributed by atoms with Crippen LogP contribution in [-0.2, 0) is 0 Å². The highest BCUT2D eigenvalue weighted by molar-refractivity contribution is 6.30. The molecule has 0 fully saturated rings. The molecule has 0 atom stereocenters. The molecule has 2 aromatic rings. The Labute approximate surface area is 96.9 Å². The average molecular weight is 237 g/mol. The molecule has 5 heteroatoms. The van der Waals surface area contributed by atoms with Crippen LogP contribution in [-0.4, -0.2) is 17.1 Å². The predicted molar refractivity (Wildman–Crippen MR) is 61.9 cm³/mol. The number of nitrogens with one attached hydrogen (secondary N) is 1. The Hall–Kier alpha value is -1.81. The quantitative estimate of drug-likeness (QED) is 0.869. The molecular weight excluding hydrogens is 228 g/mol. The van der Waals surface area contributed by atoms with Gasteiger partial charge in [-0.05, 0) is 24.3 Å². The Kier molecular flexibility index (Phi) is 2.92. The van der Waals surface area contributed by atoms with Gasteiger partial charge in [-0.15, -0.1) is 0 Å². The molecule has 0 radical (unpaired) electrons. The van der Waals surface area contributed by atoms with E-state index in [9.17, 15) is 4.79 Å². The summed E-state index contributed by atoms with van der Waals surface area (Å²) in [5, 5.41) is 0.577. The molecule has 1 aromatic carbocycles. The molecule has 0 saturated heterocycles. The van der Waals surface area contributed by atoms with Gasteiger partial charge in [-0.1, -0.05) is 11.6 Å². The van der Waals surface area contributed by atoms with Crippen LogP contribution in [0.1, 0.15) is 0 Å². The summed E-state index contributed by atoms with van der Waals surface area (Å²) in [6.07, 6.45) is 1.44. The van der Waals surface area contributed by atoms with E-state index in [0.717, 1.165) is 5.56 Å². The number of ether oxygens (including phenoxy) is 1. The maximum atomic E-state index is 11.1. The van der Waals surface area contributed by atoms with Crippen LogP contribution in [0.4, 0.5) is 0 Å². The van der Waals surface area contributed by atoms with Crippen LogP contribution >= 0.6 is 11.6 Å². The lowest BCUT2D eigenvalue weighted by Crippen LogP contribution is -2.09. The number of halogens is 1. The zero-order chi connectivity index (χ0) is 11.5. The lowest BCUT2D eigenvalue weighted by atomic mass is 10.1. The lowest BCUT2D eigenvalue weighted by Gasteiger charge is -2.08. The van der Waals surface area contributed by atoms with Crippen molar-refractivity contribution >= 4 is 11.6 Å². The van der Waals surface area contributed by atoms with Crippen LogP contribution < -0.4 is 10.4 Å². The standard InChI is InChI=1S/C11H9ClN2O2/c1-16-10-3-2-7(12)6-8(10)9-4-5-13-11(15)14-9/h2-6H,1H3,(H,13,14,15). The summed E-state index contributed by atoms with van der Waals surface area (Å²) in [6.45, 7) is 0. The molecule has 4 nitrogen and oxygen atoms in total. The second-order valence-corrected chi connectivity index (χ2v) is 3.57. The van der Waals surface area contributed by atoms with Gasteiger partial charge in [0.2, 0.25) is 0 Å². The lowest BCUT2D eigenvalue weighted by molar-refractivity contribution is 0.416. The minimum absolute atomic E-state index is 0.403. The van der Waals surface area contributed by atoms with E-state index in [-0.39, 0.29) is 0 Å². The van der Waals surface area contributed by atoms with Crippen LogP contribution in [0.2, 0.25) is 5.02 Å². The fraction of sp³-hybridized carbons (Fsp3) is 0.0909. The van der Waals surface area contributed by atoms with E-state index in [0.29, 0.717) is 16.5 Å². The Morgan fingerprint density at radius 1 is 1.38 bits per heavy atom. The number of aromatic nitrogens is 2. The van der Waals surface area contributed by atoms with Crippen LogP contribution in [0, 0.1) is 0 Å². The average Bonchev–Trinajstić information content (AvgIpc) is 2.29. The van der Waals surface area contributed by atoms with Crippen molar-refractivity contribution in [3.8, 4) is 17.0 Å². The summed E-state index contributed by atoms with van der Waals surface area (Å²) in [5.74, 6) is 0.645. The van der Waals surface area contributed by atoms with Crippen LogP contribution in [0.15, 0.2) is 35.3 Å². The third kappa shape index (κ3) is 2.06. The summed E-state index contributed by atoms with van der Waals surface area (Å²) in [6, 6.07) is 6.89. The van der Waals surface area contributed by atoms with Gasteiger partial charge >= 0.3 is 5.69 Å². The van der Waals surface area contributed by atoms with Crippen molar-refractivity contribution in [2.75, 3.05) is 7.11 Å². The molecule has 0 unspecified atom stereocenters. The van der Waals surface area contributed by atoms with Crippen molar-refractivity contribution in [1.29, 1.82) is 0 Å². The van der Waals surface area contributed by atoms with Crippen LogP contribution in [0.3, 0.4) is 0 Å². The van der Waals surface area contributed by atoms with E-state index in [1.807, 2.05) is 0 Å². The van der Waals surface area contributed by atoms with E-state index in [1.54, 1.807) is 31.4 Å². The number of methoxy groups -OCH3 is 1. The Bertz CT molecular complexity index is 566. The Balaban J connectivity index is 2.62. The number of aromatic amines is 1. The number of hydrogen-bond donors (Lipinski definition) is 1.